The van der Waals surface area contributed by atoms with E-state index < -0.39 is 55.0 Å². The first-order chi connectivity index (χ1) is 17.2. The topological polar surface area (TPSA) is 113 Å². The van der Waals surface area contributed by atoms with Crippen LogP contribution in [0.3, 0.4) is 0 Å². The largest absolute Gasteiger partial charge is 0.494 e. The number of sulfonamides is 1. The quantitative estimate of drug-likeness (QED) is 0.275. The number of hydrogen-bond acceptors (Lipinski definition) is 5. The minimum atomic E-state index is -4.67. The number of aromatic amines is 2. The molecule has 184 valence electrons. The molecule has 0 aliphatic carbocycles. The molecule has 8 nitrogen and oxygen atoms in total. The molecule has 0 unspecified atom stereocenters. The van der Waals surface area contributed by atoms with E-state index in [2.05, 4.69) is 20.2 Å². The SMILES string of the molecule is COc1cccc(S(=O)(=O)Nc2ccc(F)c(-c3ccc4c(-c5ncc[nH]5)n[nH]c4c3F)c2F)c1F. The van der Waals surface area contributed by atoms with Gasteiger partial charge >= 0.3 is 0 Å². The van der Waals surface area contributed by atoms with Crippen LogP contribution in [0.5, 0.6) is 5.75 Å². The Morgan fingerprint density at radius 3 is 2.50 bits per heavy atom. The molecule has 2 heterocycles. The number of H-pyrrole nitrogens is 2. The van der Waals surface area contributed by atoms with Gasteiger partial charge in [-0.3, -0.25) is 9.82 Å². The van der Waals surface area contributed by atoms with Gasteiger partial charge in [0.25, 0.3) is 10.0 Å². The lowest BCUT2D eigenvalue weighted by atomic mass is 10.0. The molecule has 0 amide bonds. The number of anilines is 1. The number of fused-ring (bicyclic) bond motifs is 1. The summed E-state index contributed by atoms with van der Waals surface area (Å²) in [5.41, 5.74) is -1.87. The molecule has 0 bridgehead atoms. The third-order valence-corrected chi connectivity index (χ3v) is 6.82. The van der Waals surface area contributed by atoms with E-state index in [0.717, 1.165) is 31.4 Å². The van der Waals surface area contributed by atoms with Crippen LogP contribution in [-0.4, -0.2) is 35.7 Å². The molecule has 0 fully saturated rings. The van der Waals surface area contributed by atoms with Crippen molar-refractivity contribution in [1.29, 1.82) is 0 Å². The minimum Gasteiger partial charge on any atom is -0.494 e. The van der Waals surface area contributed by atoms with E-state index in [4.69, 9.17) is 4.74 Å². The van der Waals surface area contributed by atoms with E-state index in [0.29, 0.717) is 16.9 Å². The van der Waals surface area contributed by atoms with Crippen molar-refractivity contribution in [2.24, 2.45) is 0 Å². The zero-order chi connectivity index (χ0) is 25.6. The highest BCUT2D eigenvalue weighted by Crippen LogP contribution is 2.37. The molecular formula is C23H15F4N5O3S. The van der Waals surface area contributed by atoms with Crippen molar-refractivity contribution in [3.05, 3.63) is 78.1 Å². The zero-order valence-electron chi connectivity index (χ0n) is 18.2. The van der Waals surface area contributed by atoms with E-state index in [-0.39, 0.29) is 11.3 Å². The zero-order valence-corrected chi connectivity index (χ0v) is 19.1. The number of rotatable bonds is 6. The van der Waals surface area contributed by atoms with Gasteiger partial charge in [-0.25, -0.2) is 31.0 Å². The van der Waals surface area contributed by atoms with Crippen molar-refractivity contribution in [2.45, 2.75) is 4.90 Å². The molecule has 3 N–H and O–H groups in total. The number of ether oxygens (including phenoxy) is 1. The number of benzene rings is 3. The number of nitrogens with one attached hydrogen (secondary N) is 3. The van der Waals surface area contributed by atoms with E-state index in [1.54, 1.807) is 6.20 Å². The van der Waals surface area contributed by atoms with Crippen molar-refractivity contribution < 1.29 is 30.7 Å². The van der Waals surface area contributed by atoms with Gasteiger partial charge in [-0.1, -0.05) is 12.1 Å². The fraction of sp³-hybridized carbons (Fsp3) is 0.0435. The molecule has 0 saturated heterocycles. The van der Waals surface area contributed by atoms with Gasteiger partial charge in [0.15, 0.2) is 29.0 Å². The highest BCUT2D eigenvalue weighted by atomic mass is 32.2. The van der Waals surface area contributed by atoms with Crippen molar-refractivity contribution in [3.8, 4) is 28.4 Å². The van der Waals surface area contributed by atoms with Crippen LogP contribution in [-0.2, 0) is 10.0 Å². The van der Waals surface area contributed by atoms with Crippen LogP contribution in [0.25, 0.3) is 33.5 Å². The van der Waals surface area contributed by atoms with Gasteiger partial charge in [-0.2, -0.15) is 5.10 Å². The summed E-state index contributed by atoms with van der Waals surface area (Å²) in [7, 11) is -3.52. The second-order valence-electron chi connectivity index (χ2n) is 7.52. The van der Waals surface area contributed by atoms with Crippen molar-refractivity contribution in [2.75, 3.05) is 11.8 Å². The predicted octanol–water partition coefficient (Wildman–Crippen LogP) is 4.99. The molecule has 2 aromatic heterocycles. The monoisotopic (exact) mass is 517 g/mol. The lowest BCUT2D eigenvalue weighted by Crippen LogP contribution is -2.16. The molecule has 0 atom stereocenters. The Labute approximate surface area is 201 Å². The highest BCUT2D eigenvalue weighted by molar-refractivity contribution is 7.92. The molecule has 13 heteroatoms. The fourth-order valence-electron chi connectivity index (χ4n) is 3.76. The Balaban J connectivity index is 1.59. The van der Waals surface area contributed by atoms with Crippen LogP contribution in [0.2, 0.25) is 0 Å². The van der Waals surface area contributed by atoms with Crippen LogP contribution in [0.4, 0.5) is 23.2 Å². The second kappa shape index (κ2) is 8.68. The summed E-state index contributed by atoms with van der Waals surface area (Å²) in [6, 6.07) is 7.50. The van der Waals surface area contributed by atoms with Gasteiger partial charge in [-0.05, 0) is 30.3 Å². The van der Waals surface area contributed by atoms with E-state index in [1.165, 1.54) is 24.4 Å². The Bertz CT molecular complexity index is 1720. The Morgan fingerprint density at radius 1 is 0.972 bits per heavy atom. The fourth-order valence-corrected chi connectivity index (χ4v) is 4.91. The third-order valence-electron chi connectivity index (χ3n) is 5.44. The van der Waals surface area contributed by atoms with Crippen molar-refractivity contribution in [3.63, 3.8) is 0 Å². The maximum atomic E-state index is 15.4. The predicted molar refractivity (Wildman–Crippen MR) is 123 cm³/mol. The first-order valence-corrected chi connectivity index (χ1v) is 11.7. The first kappa shape index (κ1) is 23.4. The van der Waals surface area contributed by atoms with Gasteiger partial charge in [0, 0.05) is 23.3 Å². The molecule has 0 aliphatic heterocycles. The maximum absolute atomic E-state index is 15.4. The number of aromatic nitrogens is 4. The van der Waals surface area contributed by atoms with Crippen molar-refractivity contribution in [1.82, 2.24) is 20.2 Å². The smallest absolute Gasteiger partial charge is 0.265 e. The summed E-state index contributed by atoms with van der Waals surface area (Å²) in [4.78, 5) is 6.07. The van der Waals surface area contributed by atoms with E-state index in [9.17, 15) is 17.2 Å². The average molecular weight is 517 g/mol. The van der Waals surface area contributed by atoms with E-state index in [1.807, 2.05) is 4.72 Å². The Kier molecular flexibility index (Phi) is 5.63. The van der Waals surface area contributed by atoms with Crippen molar-refractivity contribution >= 4 is 26.6 Å². The number of halogens is 4. The summed E-state index contributed by atoms with van der Waals surface area (Å²) in [5.74, 6) is -4.75. The lowest BCUT2D eigenvalue weighted by molar-refractivity contribution is 0.380. The Hall–Kier alpha value is -4.39. The molecule has 0 spiro atoms. The number of nitrogens with zero attached hydrogens (tertiary/aromatic N) is 2. The van der Waals surface area contributed by atoms with Gasteiger partial charge < -0.3 is 9.72 Å². The molecular weight excluding hydrogens is 502 g/mol. The first-order valence-electron chi connectivity index (χ1n) is 10.2. The summed E-state index contributed by atoms with van der Waals surface area (Å²) >= 11 is 0. The third kappa shape index (κ3) is 3.73. The summed E-state index contributed by atoms with van der Waals surface area (Å²) in [6.07, 6.45) is 3.03. The summed E-state index contributed by atoms with van der Waals surface area (Å²) in [5, 5.41) is 6.81. The lowest BCUT2D eigenvalue weighted by Gasteiger charge is -2.14. The number of methoxy groups -OCH3 is 1. The summed E-state index contributed by atoms with van der Waals surface area (Å²) in [6.45, 7) is 0. The minimum absolute atomic E-state index is 0.137. The standard InChI is InChI=1S/C23H15F4N5O3S/c1-35-15-3-2-4-16(20(15)27)36(33,34)32-14-8-7-13(24)17(19(14)26)11-5-6-12-21(18(11)25)30-31-22(12)23-28-9-10-29-23/h2-10,32H,1H3,(H,28,29)(H,30,31). The summed E-state index contributed by atoms with van der Waals surface area (Å²) < 4.78 is 92.3. The molecule has 0 aliphatic rings. The van der Waals surface area contributed by atoms with Gasteiger partial charge in [0.05, 0.1) is 18.4 Å². The highest BCUT2D eigenvalue weighted by Gasteiger charge is 2.27. The van der Waals surface area contributed by atoms with Crippen LogP contribution >= 0.6 is 0 Å². The average Bonchev–Trinajstić information content (AvgIpc) is 3.52. The van der Waals surface area contributed by atoms with Crippen LogP contribution in [0.1, 0.15) is 0 Å². The Morgan fingerprint density at radius 2 is 1.78 bits per heavy atom. The number of imidazole rings is 1. The normalized spacial score (nSPS) is 11.7. The molecule has 5 rings (SSSR count). The van der Waals surface area contributed by atoms with Crippen LogP contribution in [0, 0.1) is 23.3 Å². The van der Waals surface area contributed by atoms with E-state index >= 15 is 8.78 Å². The van der Waals surface area contributed by atoms with Gasteiger partial charge in [0.1, 0.15) is 21.9 Å². The molecule has 0 radical (unpaired) electrons. The van der Waals surface area contributed by atoms with Gasteiger partial charge in [0.2, 0.25) is 0 Å². The van der Waals surface area contributed by atoms with Gasteiger partial charge in [-0.15, -0.1) is 0 Å². The maximum Gasteiger partial charge on any atom is 0.265 e. The van der Waals surface area contributed by atoms with Crippen LogP contribution < -0.4 is 9.46 Å². The molecule has 3 aromatic carbocycles. The molecule has 0 saturated carbocycles. The molecule has 5 aromatic rings. The second-order valence-corrected chi connectivity index (χ2v) is 9.17. The number of hydrogen-bond donors (Lipinski definition) is 3. The molecule has 36 heavy (non-hydrogen) atoms. The van der Waals surface area contributed by atoms with Crippen LogP contribution in [0.15, 0.2) is 59.8 Å².